The fraction of sp³-hybridized carbons (Fsp3) is 0.417. The third-order valence-electron chi connectivity index (χ3n) is 2.53. The van der Waals surface area contributed by atoms with Gasteiger partial charge in [0.25, 0.3) is 0 Å². The lowest BCUT2D eigenvalue weighted by molar-refractivity contribution is -0.137. The van der Waals surface area contributed by atoms with E-state index >= 15 is 0 Å². The molecular weight excluding hydrogens is 339 g/mol. The Bertz CT molecular complexity index is 563. The lowest BCUT2D eigenvalue weighted by Crippen LogP contribution is -2.35. The minimum absolute atomic E-state index is 0.221. The molecule has 7 heteroatoms. The maximum Gasteiger partial charge on any atom is 0.322 e. The third kappa shape index (κ3) is 4.28. The van der Waals surface area contributed by atoms with Crippen molar-refractivity contribution in [3.05, 3.63) is 34.1 Å². The zero-order valence-electron chi connectivity index (χ0n) is 10.4. The molecule has 0 aliphatic heterocycles. The van der Waals surface area contributed by atoms with Gasteiger partial charge in [0.1, 0.15) is 5.82 Å². The van der Waals surface area contributed by atoms with E-state index < -0.39 is 38.5 Å². The van der Waals surface area contributed by atoms with Gasteiger partial charge >= 0.3 is 5.97 Å². The highest BCUT2D eigenvalue weighted by Gasteiger charge is 2.35. The van der Waals surface area contributed by atoms with Crippen molar-refractivity contribution >= 4 is 31.7 Å². The Morgan fingerprint density at radius 2 is 1.95 bits per heavy atom. The monoisotopic (exact) mass is 352 g/mol. The van der Waals surface area contributed by atoms with Crippen molar-refractivity contribution in [3.63, 3.8) is 0 Å². The second-order valence-electron chi connectivity index (χ2n) is 4.59. The molecule has 4 nitrogen and oxygen atoms in total. The lowest BCUT2D eigenvalue weighted by atomic mass is 10.1. The van der Waals surface area contributed by atoms with Crippen molar-refractivity contribution in [2.24, 2.45) is 5.92 Å². The van der Waals surface area contributed by atoms with Crippen LogP contribution in [0.5, 0.6) is 0 Å². The Morgan fingerprint density at radius 1 is 1.37 bits per heavy atom. The molecule has 1 rings (SSSR count). The van der Waals surface area contributed by atoms with E-state index in [1.807, 2.05) is 0 Å². The van der Waals surface area contributed by atoms with Crippen molar-refractivity contribution in [3.8, 4) is 0 Å². The van der Waals surface area contributed by atoms with Gasteiger partial charge in [-0.25, -0.2) is 12.8 Å². The molecule has 0 spiro atoms. The van der Waals surface area contributed by atoms with Gasteiger partial charge in [0.05, 0.1) is 5.75 Å². The van der Waals surface area contributed by atoms with Crippen molar-refractivity contribution in [1.29, 1.82) is 0 Å². The van der Waals surface area contributed by atoms with Crippen molar-refractivity contribution in [1.82, 2.24) is 0 Å². The second-order valence-corrected chi connectivity index (χ2v) is 7.63. The Labute approximate surface area is 119 Å². The fourth-order valence-electron chi connectivity index (χ4n) is 1.87. The SMILES string of the molecule is CC(C)C(C(=O)O)S(=O)(=O)Cc1cc(F)cc(Br)c1. The summed E-state index contributed by atoms with van der Waals surface area (Å²) in [6.45, 7) is 3.05. The van der Waals surface area contributed by atoms with E-state index in [1.54, 1.807) is 0 Å². The van der Waals surface area contributed by atoms with Crippen LogP contribution in [-0.4, -0.2) is 24.7 Å². The first-order valence-electron chi connectivity index (χ1n) is 5.53. The highest BCUT2D eigenvalue weighted by molar-refractivity contribution is 9.10. The number of hydrogen-bond acceptors (Lipinski definition) is 3. The number of benzene rings is 1. The van der Waals surface area contributed by atoms with Crippen LogP contribution in [0.15, 0.2) is 22.7 Å². The number of carboxylic acids is 1. The smallest absolute Gasteiger partial charge is 0.322 e. The number of aliphatic carboxylic acids is 1. The first-order valence-corrected chi connectivity index (χ1v) is 8.03. The van der Waals surface area contributed by atoms with Gasteiger partial charge in [-0.2, -0.15) is 0 Å². The first-order chi connectivity index (χ1) is 8.63. The predicted molar refractivity (Wildman–Crippen MR) is 73.0 cm³/mol. The molecular formula is C12H14BrFO4S. The quantitative estimate of drug-likeness (QED) is 0.883. The van der Waals surface area contributed by atoms with Crippen LogP contribution in [0.3, 0.4) is 0 Å². The van der Waals surface area contributed by atoms with E-state index in [2.05, 4.69) is 15.9 Å². The van der Waals surface area contributed by atoms with Gasteiger partial charge in [0, 0.05) is 4.47 Å². The summed E-state index contributed by atoms with van der Waals surface area (Å²) in [6, 6.07) is 3.74. The largest absolute Gasteiger partial charge is 0.480 e. The van der Waals surface area contributed by atoms with Gasteiger partial charge in [-0.3, -0.25) is 4.79 Å². The Balaban J connectivity index is 3.11. The molecule has 0 fully saturated rings. The van der Waals surface area contributed by atoms with Crippen LogP contribution < -0.4 is 0 Å². The van der Waals surface area contributed by atoms with Crippen LogP contribution in [-0.2, 0) is 20.4 Å². The number of carboxylic acid groups (broad SMARTS) is 1. The molecule has 1 aromatic rings. The summed E-state index contributed by atoms with van der Waals surface area (Å²) >= 11 is 3.06. The molecule has 106 valence electrons. The van der Waals surface area contributed by atoms with Crippen LogP contribution in [0.2, 0.25) is 0 Å². The zero-order chi connectivity index (χ0) is 14.8. The normalized spacial score (nSPS) is 13.5. The summed E-state index contributed by atoms with van der Waals surface area (Å²) in [7, 11) is -3.89. The molecule has 0 radical (unpaired) electrons. The van der Waals surface area contributed by atoms with E-state index in [0.717, 1.165) is 6.07 Å². The molecule has 1 N–H and O–H groups in total. The van der Waals surface area contributed by atoms with E-state index in [-0.39, 0.29) is 5.56 Å². The molecule has 0 saturated heterocycles. The number of halogens is 2. The lowest BCUT2D eigenvalue weighted by Gasteiger charge is -2.17. The van der Waals surface area contributed by atoms with Gasteiger partial charge in [-0.1, -0.05) is 29.8 Å². The molecule has 1 unspecified atom stereocenters. The summed E-state index contributed by atoms with van der Waals surface area (Å²) < 4.78 is 37.8. The minimum atomic E-state index is -3.89. The van der Waals surface area contributed by atoms with Crippen molar-refractivity contribution < 1.29 is 22.7 Å². The highest BCUT2D eigenvalue weighted by Crippen LogP contribution is 2.21. The summed E-state index contributed by atoms with van der Waals surface area (Å²) in [5.41, 5.74) is 0.221. The molecule has 0 amide bonds. The van der Waals surface area contributed by atoms with Gasteiger partial charge in [0.2, 0.25) is 0 Å². The van der Waals surface area contributed by atoms with Crippen LogP contribution in [0.1, 0.15) is 19.4 Å². The summed E-state index contributed by atoms with van der Waals surface area (Å²) in [5.74, 6) is -3.01. The Morgan fingerprint density at radius 3 is 2.37 bits per heavy atom. The van der Waals surface area contributed by atoms with Gasteiger partial charge in [-0.05, 0) is 29.7 Å². The number of hydrogen-bond donors (Lipinski definition) is 1. The van der Waals surface area contributed by atoms with Crippen molar-refractivity contribution in [2.45, 2.75) is 24.9 Å². The average Bonchev–Trinajstić information content (AvgIpc) is 2.10. The van der Waals surface area contributed by atoms with Crippen LogP contribution >= 0.6 is 15.9 Å². The van der Waals surface area contributed by atoms with E-state index in [4.69, 9.17) is 5.11 Å². The predicted octanol–water partition coefficient (Wildman–Crippen LogP) is 2.61. The van der Waals surface area contributed by atoms with Crippen molar-refractivity contribution in [2.75, 3.05) is 0 Å². The van der Waals surface area contributed by atoms with Gasteiger partial charge < -0.3 is 5.11 Å². The number of sulfone groups is 1. The van der Waals surface area contributed by atoms with Crippen LogP contribution in [0, 0.1) is 11.7 Å². The Kier molecular flexibility index (Phi) is 5.09. The fourth-order valence-corrected chi connectivity index (χ4v) is 4.33. The Hall–Kier alpha value is -0.950. The topological polar surface area (TPSA) is 71.4 Å². The molecule has 0 saturated carbocycles. The molecule has 0 bridgehead atoms. The minimum Gasteiger partial charge on any atom is -0.480 e. The van der Waals surface area contributed by atoms with E-state index in [0.29, 0.717) is 4.47 Å². The standard InChI is InChI=1S/C12H14BrFO4S/c1-7(2)11(12(15)16)19(17,18)6-8-3-9(13)5-10(14)4-8/h3-5,7,11H,6H2,1-2H3,(H,15,16). The summed E-state index contributed by atoms with van der Waals surface area (Å²) in [4.78, 5) is 11.0. The van der Waals surface area contributed by atoms with E-state index in [9.17, 15) is 17.6 Å². The van der Waals surface area contributed by atoms with E-state index in [1.165, 1.54) is 26.0 Å². The van der Waals surface area contributed by atoms with Crippen LogP contribution in [0.25, 0.3) is 0 Å². The van der Waals surface area contributed by atoms with Gasteiger partial charge in [0.15, 0.2) is 15.1 Å². The molecule has 1 aromatic carbocycles. The molecule has 0 aliphatic rings. The summed E-state index contributed by atoms with van der Waals surface area (Å²) in [6.07, 6.45) is 0. The molecule has 1 atom stereocenters. The maximum atomic E-state index is 13.2. The third-order valence-corrected chi connectivity index (χ3v) is 5.24. The number of carbonyl (C=O) groups is 1. The summed E-state index contributed by atoms with van der Waals surface area (Å²) in [5, 5.41) is 7.51. The number of rotatable bonds is 5. The molecule has 0 heterocycles. The molecule has 19 heavy (non-hydrogen) atoms. The van der Waals surface area contributed by atoms with Crippen LogP contribution in [0.4, 0.5) is 4.39 Å². The molecule has 0 aliphatic carbocycles. The zero-order valence-corrected chi connectivity index (χ0v) is 12.8. The maximum absolute atomic E-state index is 13.2. The second kappa shape index (κ2) is 6.00. The van der Waals surface area contributed by atoms with Gasteiger partial charge in [-0.15, -0.1) is 0 Å². The first kappa shape index (κ1) is 16.1. The highest BCUT2D eigenvalue weighted by atomic mass is 79.9. The molecule has 0 aromatic heterocycles. The average molecular weight is 353 g/mol.